The Morgan fingerprint density at radius 2 is 1.00 bits per heavy atom. The van der Waals surface area contributed by atoms with Gasteiger partial charge < -0.3 is 23.7 Å². The maximum Gasteiger partial charge on any atom is 0.340 e. The highest BCUT2D eigenvalue weighted by molar-refractivity contribution is 5.91. The maximum absolute atomic E-state index is 13.2. The van der Waals surface area contributed by atoms with Crippen LogP contribution in [0.15, 0.2) is 115 Å². The molecule has 4 aromatic carbocycles. The van der Waals surface area contributed by atoms with E-state index in [1.165, 1.54) is 36.4 Å². The van der Waals surface area contributed by atoms with Gasteiger partial charge in [0, 0.05) is 12.1 Å². The largest absolute Gasteiger partial charge is 0.459 e. The van der Waals surface area contributed by atoms with Gasteiger partial charge in [-0.2, -0.15) is 0 Å². The monoisotopic (exact) mass is 611 g/mol. The van der Waals surface area contributed by atoms with Crippen LogP contribution < -0.4 is 0 Å². The highest BCUT2D eigenvalue weighted by Crippen LogP contribution is 2.31. The fourth-order valence-corrected chi connectivity index (χ4v) is 4.43. The summed E-state index contributed by atoms with van der Waals surface area (Å²) in [5.41, 5.74) is 0.282. The van der Waals surface area contributed by atoms with E-state index in [2.05, 4.69) is 0 Å². The molecule has 4 aromatic rings. The van der Waals surface area contributed by atoms with Crippen LogP contribution in [0.25, 0.3) is 0 Å². The fourth-order valence-electron chi connectivity index (χ4n) is 4.43. The summed E-state index contributed by atoms with van der Waals surface area (Å²) in [4.78, 5) is 62.5. The summed E-state index contributed by atoms with van der Waals surface area (Å²) in [7, 11) is 0. The molecule has 228 valence electrons. The molecule has 0 bridgehead atoms. The van der Waals surface area contributed by atoms with Gasteiger partial charge in [-0.05, 0) is 48.5 Å². The molecule has 12 nitrogen and oxygen atoms in total. The van der Waals surface area contributed by atoms with Crippen molar-refractivity contribution in [3.63, 3.8) is 0 Å². The summed E-state index contributed by atoms with van der Waals surface area (Å²) in [6.07, 6.45) is -5.78. The van der Waals surface area contributed by atoms with E-state index >= 15 is 0 Å². The van der Waals surface area contributed by atoms with Crippen molar-refractivity contribution >= 4 is 29.6 Å². The first-order valence-corrected chi connectivity index (χ1v) is 13.7. The van der Waals surface area contributed by atoms with Crippen LogP contribution in [0.3, 0.4) is 0 Å². The Morgan fingerprint density at radius 1 is 0.578 bits per heavy atom. The quantitative estimate of drug-likeness (QED) is 0.105. The highest BCUT2D eigenvalue weighted by atomic mass is 16.8. The van der Waals surface area contributed by atoms with Gasteiger partial charge in [0.25, 0.3) is 5.69 Å². The number of nitro benzene ring substituents is 1. The topological polar surface area (TPSA) is 158 Å². The van der Waals surface area contributed by atoms with Gasteiger partial charge in [0.1, 0.15) is 12.7 Å². The maximum atomic E-state index is 13.2. The number of esters is 4. The van der Waals surface area contributed by atoms with Crippen molar-refractivity contribution < 1.29 is 47.8 Å². The molecule has 1 aliphatic rings. The number of ether oxygens (including phenoxy) is 5. The molecule has 1 aliphatic heterocycles. The minimum Gasteiger partial charge on any atom is -0.459 e. The van der Waals surface area contributed by atoms with E-state index in [0.29, 0.717) is 0 Å². The van der Waals surface area contributed by atoms with Crippen molar-refractivity contribution in [1.82, 2.24) is 0 Å². The number of carbonyl (C=O) groups excluding carboxylic acids is 4. The summed E-state index contributed by atoms with van der Waals surface area (Å²) in [5.74, 6) is -3.29. The molecule has 45 heavy (non-hydrogen) atoms. The van der Waals surface area contributed by atoms with E-state index in [1.807, 2.05) is 0 Å². The van der Waals surface area contributed by atoms with Gasteiger partial charge in [0.2, 0.25) is 12.4 Å². The van der Waals surface area contributed by atoms with E-state index in [-0.39, 0.29) is 27.9 Å². The Balaban J connectivity index is 1.44. The molecule has 1 fully saturated rings. The second-order valence-electron chi connectivity index (χ2n) is 9.69. The molecule has 5 rings (SSSR count). The highest BCUT2D eigenvalue weighted by Gasteiger charge is 2.52. The Morgan fingerprint density at radius 3 is 1.49 bits per heavy atom. The molecule has 4 atom stereocenters. The molecule has 12 heteroatoms. The van der Waals surface area contributed by atoms with Crippen molar-refractivity contribution in [2.45, 2.75) is 24.6 Å². The molecule has 0 aliphatic carbocycles. The summed E-state index contributed by atoms with van der Waals surface area (Å²) < 4.78 is 28.4. The van der Waals surface area contributed by atoms with E-state index in [1.54, 1.807) is 66.7 Å². The summed E-state index contributed by atoms with van der Waals surface area (Å²) in [6.45, 7) is -0.467. The number of carbonyl (C=O) groups is 4. The lowest BCUT2D eigenvalue weighted by molar-refractivity contribution is -0.384. The van der Waals surface area contributed by atoms with Crippen LogP contribution >= 0.6 is 0 Å². The SMILES string of the molecule is O=C(OC[C@H]1O[C@H](OC(=O)c2ccc([N+](=O)[O-])cc2)[C@H](OC(=O)c2ccccc2)[C@@H]1OC(=O)c1ccccc1)c1ccccc1. The fraction of sp³-hybridized carbons (Fsp3) is 0.152. The molecule has 0 amide bonds. The second-order valence-corrected chi connectivity index (χ2v) is 9.69. The molecule has 1 heterocycles. The smallest absolute Gasteiger partial charge is 0.340 e. The molecule has 0 aromatic heterocycles. The molecule has 0 saturated carbocycles. The lowest BCUT2D eigenvalue weighted by Gasteiger charge is -2.24. The zero-order chi connectivity index (χ0) is 31.8. The van der Waals surface area contributed by atoms with Crippen LogP contribution in [0.5, 0.6) is 0 Å². The molecule has 0 radical (unpaired) electrons. The number of nitrogens with zero attached hydrogens (tertiary/aromatic N) is 1. The third-order valence-corrected chi connectivity index (χ3v) is 6.70. The normalized spacial score (nSPS) is 18.8. The third-order valence-electron chi connectivity index (χ3n) is 6.70. The van der Waals surface area contributed by atoms with Crippen molar-refractivity contribution in [3.8, 4) is 0 Å². The molecule has 1 saturated heterocycles. The predicted molar refractivity (Wildman–Crippen MR) is 155 cm³/mol. The van der Waals surface area contributed by atoms with Crippen LogP contribution in [0.2, 0.25) is 0 Å². The van der Waals surface area contributed by atoms with Crippen molar-refractivity contribution in [1.29, 1.82) is 0 Å². The zero-order valence-electron chi connectivity index (χ0n) is 23.4. The Labute approximate surface area is 256 Å². The van der Waals surface area contributed by atoms with E-state index in [9.17, 15) is 29.3 Å². The minimum absolute atomic E-state index is 0.0610. The number of rotatable bonds is 10. The van der Waals surface area contributed by atoms with Gasteiger partial charge in [0.15, 0.2) is 6.10 Å². The third kappa shape index (κ3) is 7.56. The zero-order valence-corrected chi connectivity index (χ0v) is 23.4. The Kier molecular flexibility index (Phi) is 9.55. The van der Waals surface area contributed by atoms with Crippen molar-refractivity contribution in [3.05, 3.63) is 148 Å². The summed E-state index contributed by atoms with van der Waals surface area (Å²) in [5, 5.41) is 11.0. The molecule has 0 spiro atoms. The summed E-state index contributed by atoms with van der Waals surface area (Å²) >= 11 is 0. The van der Waals surface area contributed by atoms with E-state index < -0.39 is 60.0 Å². The van der Waals surface area contributed by atoms with E-state index in [0.717, 1.165) is 12.1 Å². The molecular weight excluding hydrogens is 586 g/mol. The van der Waals surface area contributed by atoms with Crippen molar-refractivity contribution in [2.75, 3.05) is 6.61 Å². The van der Waals surface area contributed by atoms with Crippen LogP contribution in [-0.4, -0.2) is 60.0 Å². The second kappa shape index (κ2) is 14.1. The molecule has 0 unspecified atom stereocenters. The first kappa shape index (κ1) is 30.6. The Hall–Kier alpha value is -5.88. The Bertz CT molecular complexity index is 1660. The van der Waals surface area contributed by atoms with Crippen LogP contribution in [0, 0.1) is 10.1 Å². The number of hydrogen-bond donors (Lipinski definition) is 0. The van der Waals surface area contributed by atoms with Gasteiger partial charge in [-0.15, -0.1) is 0 Å². The van der Waals surface area contributed by atoms with Crippen molar-refractivity contribution in [2.24, 2.45) is 0 Å². The lowest BCUT2D eigenvalue weighted by atomic mass is 10.1. The number of nitro groups is 1. The van der Waals surface area contributed by atoms with Gasteiger partial charge in [-0.1, -0.05) is 54.6 Å². The number of hydrogen-bond acceptors (Lipinski definition) is 11. The lowest BCUT2D eigenvalue weighted by Crippen LogP contribution is -2.42. The van der Waals surface area contributed by atoms with Gasteiger partial charge in [-0.25, -0.2) is 19.2 Å². The number of non-ortho nitro benzene ring substituents is 1. The number of benzene rings is 4. The van der Waals surface area contributed by atoms with Gasteiger partial charge >= 0.3 is 23.9 Å². The average molecular weight is 612 g/mol. The van der Waals surface area contributed by atoms with Crippen LogP contribution in [-0.2, 0) is 23.7 Å². The molecular formula is C33H25NO11. The summed E-state index contributed by atoms with van der Waals surface area (Å²) in [6, 6.07) is 28.7. The minimum atomic E-state index is -1.63. The van der Waals surface area contributed by atoms with E-state index in [4.69, 9.17) is 23.7 Å². The van der Waals surface area contributed by atoms with Gasteiger partial charge in [-0.3, -0.25) is 10.1 Å². The first-order chi connectivity index (χ1) is 21.8. The van der Waals surface area contributed by atoms with Crippen LogP contribution in [0.1, 0.15) is 41.4 Å². The standard InChI is InChI=1S/C33H25NO11/c35-29(21-10-4-1-5-11-21)41-20-26-27(43-30(36)22-12-6-2-7-13-22)28(44-31(37)23-14-8-3-9-15-23)33(42-26)45-32(38)24-16-18-25(19-17-24)34(39)40/h1-19,26-28,33H,20H2/t26-,27-,28-,33-/m1/s1. The average Bonchev–Trinajstić information content (AvgIpc) is 3.39. The predicted octanol–water partition coefficient (Wildman–Crippen LogP) is 4.78. The van der Waals surface area contributed by atoms with Crippen LogP contribution in [0.4, 0.5) is 5.69 Å². The first-order valence-electron chi connectivity index (χ1n) is 13.7. The molecule has 0 N–H and O–H groups in total. The van der Waals surface area contributed by atoms with Gasteiger partial charge in [0.05, 0.1) is 27.2 Å².